The summed E-state index contributed by atoms with van der Waals surface area (Å²) >= 11 is 0. The molecule has 1 N–H and O–H groups in total. The van der Waals surface area contributed by atoms with Crippen LogP contribution in [0.4, 0.5) is 0 Å². The number of Topliss-reactive ketones (excluding diaryl/α,β-unsaturated/α-hetero) is 1. The summed E-state index contributed by atoms with van der Waals surface area (Å²) in [5.74, 6) is 0.357. The standard InChI is InChI=1S/C10H17NO/c1-8(2)5-6-10(12)9-4-3-7-11-9/h9,11H,1,3-7H2,2H3. The predicted octanol–water partition coefficient (Wildman–Crippen LogP) is 1.66. The van der Waals surface area contributed by atoms with E-state index in [1.165, 1.54) is 0 Å². The van der Waals surface area contributed by atoms with Gasteiger partial charge in [-0.3, -0.25) is 4.79 Å². The van der Waals surface area contributed by atoms with E-state index in [1.54, 1.807) is 0 Å². The number of hydrogen-bond donors (Lipinski definition) is 1. The van der Waals surface area contributed by atoms with Crippen LogP contribution in [0.1, 0.15) is 32.6 Å². The molecule has 1 unspecified atom stereocenters. The van der Waals surface area contributed by atoms with E-state index in [9.17, 15) is 4.79 Å². The molecule has 1 saturated heterocycles. The summed E-state index contributed by atoms with van der Waals surface area (Å²) in [4.78, 5) is 11.4. The molecule has 0 saturated carbocycles. The van der Waals surface area contributed by atoms with Gasteiger partial charge in [0, 0.05) is 6.42 Å². The van der Waals surface area contributed by atoms with Crippen LogP contribution in [-0.4, -0.2) is 18.4 Å². The van der Waals surface area contributed by atoms with Crippen LogP contribution in [0.15, 0.2) is 12.2 Å². The van der Waals surface area contributed by atoms with Crippen LogP contribution in [0, 0.1) is 0 Å². The summed E-state index contributed by atoms with van der Waals surface area (Å²) < 4.78 is 0. The molecule has 0 aromatic carbocycles. The maximum atomic E-state index is 11.4. The zero-order valence-corrected chi connectivity index (χ0v) is 7.73. The molecule has 0 bridgehead atoms. The molecule has 1 atom stereocenters. The van der Waals surface area contributed by atoms with Crippen LogP contribution >= 0.6 is 0 Å². The molecule has 1 heterocycles. The van der Waals surface area contributed by atoms with Crippen LogP contribution in [0.3, 0.4) is 0 Å². The highest BCUT2D eigenvalue weighted by molar-refractivity contribution is 5.84. The third-order valence-corrected chi connectivity index (χ3v) is 2.25. The Bertz CT molecular complexity index is 180. The van der Waals surface area contributed by atoms with E-state index in [1.807, 2.05) is 6.92 Å². The fourth-order valence-corrected chi connectivity index (χ4v) is 1.47. The van der Waals surface area contributed by atoms with Gasteiger partial charge < -0.3 is 5.32 Å². The van der Waals surface area contributed by atoms with Gasteiger partial charge in [-0.05, 0) is 32.7 Å². The maximum Gasteiger partial charge on any atom is 0.150 e. The Labute approximate surface area is 74.0 Å². The first-order valence-electron chi connectivity index (χ1n) is 4.60. The van der Waals surface area contributed by atoms with Gasteiger partial charge in [-0.2, -0.15) is 0 Å². The van der Waals surface area contributed by atoms with Gasteiger partial charge in [-0.25, -0.2) is 0 Å². The lowest BCUT2D eigenvalue weighted by Gasteiger charge is -2.07. The minimum absolute atomic E-state index is 0.143. The van der Waals surface area contributed by atoms with Gasteiger partial charge in [-0.15, -0.1) is 6.58 Å². The lowest BCUT2D eigenvalue weighted by molar-refractivity contribution is -0.120. The second-order valence-corrected chi connectivity index (χ2v) is 3.57. The van der Waals surface area contributed by atoms with Crippen molar-refractivity contribution >= 4 is 5.78 Å². The molecule has 0 aromatic rings. The van der Waals surface area contributed by atoms with Crippen molar-refractivity contribution in [3.05, 3.63) is 12.2 Å². The van der Waals surface area contributed by atoms with Gasteiger partial charge in [0.1, 0.15) is 5.78 Å². The smallest absolute Gasteiger partial charge is 0.150 e. The number of hydrogen-bond acceptors (Lipinski definition) is 2. The highest BCUT2D eigenvalue weighted by Gasteiger charge is 2.20. The van der Waals surface area contributed by atoms with Gasteiger partial charge >= 0.3 is 0 Å². The molecule has 68 valence electrons. The lowest BCUT2D eigenvalue weighted by Crippen LogP contribution is -2.30. The maximum absolute atomic E-state index is 11.4. The summed E-state index contributed by atoms with van der Waals surface area (Å²) in [5.41, 5.74) is 1.10. The average Bonchev–Trinajstić information content (AvgIpc) is 2.51. The largest absolute Gasteiger partial charge is 0.307 e. The molecule has 1 aliphatic rings. The predicted molar refractivity (Wildman–Crippen MR) is 50.1 cm³/mol. The Morgan fingerprint density at radius 2 is 2.33 bits per heavy atom. The number of allylic oxidation sites excluding steroid dienone is 1. The van der Waals surface area contributed by atoms with Gasteiger partial charge in [0.2, 0.25) is 0 Å². The molecule has 12 heavy (non-hydrogen) atoms. The summed E-state index contributed by atoms with van der Waals surface area (Å²) in [6, 6.07) is 0.143. The van der Waals surface area contributed by atoms with E-state index in [0.29, 0.717) is 12.2 Å². The summed E-state index contributed by atoms with van der Waals surface area (Å²) in [6.45, 7) is 6.75. The third-order valence-electron chi connectivity index (χ3n) is 2.25. The SMILES string of the molecule is C=C(C)CCC(=O)C1CCCN1. The number of rotatable bonds is 4. The molecule has 1 fully saturated rings. The van der Waals surface area contributed by atoms with Gasteiger partial charge in [0.25, 0.3) is 0 Å². The molecule has 0 aromatic heterocycles. The van der Waals surface area contributed by atoms with Crippen molar-refractivity contribution in [2.24, 2.45) is 0 Å². The van der Waals surface area contributed by atoms with Crippen molar-refractivity contribution in [1.82, 2.24) is 5.32 Å². The van der Waals surface area contributed by atoms with E-state index in [-0.39, 0.29) is 6.04 Å². The van der Waals surface area contributed by atoms with Gasteiger partial charge in [0.15, 0.2) is 0 Å². The number of carbonyl (C=O) groups is 1. The Balaban J connectivity index is 2.23. The van der Waals surface area contributed by atoms with Crippen LogP contribution < -0.4 is 5.32 Å². The van der Waals surface area contributed by atoms with Gasteiger partial charge in [0.05, 0.1) is 6.04 Å². The Hall–Kier alpha value is -0.630. The second kappa shape index (κ2) is 4.41. The van der Waals surface area contributed by atoms with Crippen molar-refractivity contribution in [2.45, 2.75) is 38.6 Å². The molecule has 0 aliphatic carbocycles. The number of nitrogens with one attached hydrogen (secondary N) is 1. The van der Waals surface area contributed by atoms with E-state index in [4.69, 9.17) is 0 Å². The minimum atomic E-state index is 0.143. The average molecular weight is 167 g/mol. The molecule has 2 heteroatoms. The molecule has 1 aliphatic heterocycles. The third kappa shape index (κ3) is 2.78. The van der Waals surface area contributed by atoms with E-state index in [2.05, 4.69) is 11.9 Å². The zero-order chi connectivity index (χ0) is 8.97. The van der Waals surface area contributed by atoms with E-state index in [0.717, 1.165) is 31.4 Å². The van der Waals surface area contributed by atoms with Crippen molar-refractivity contribution in [2.75, 3.05) is 6.54 Å². The Kier molecular flexibility index (Phi) is 3.48. The van der Waals surface area contributed by atoms with Crippen molar-refractivity contribution in [3.63, 3.8) is 0 Å². The summed E-state index contributed by atoms with van der Waals surface area (Å²) in [6.07, 6.45) is 3.67. The highest BCUT2D eigenvalue weighted by Crippen LogP contribution is 2.10. The summed E-state index contributed by atoms with van der Waals surface area (Å²) in [7, 11) is 0. The first-order valence-corrected chi connectivity index (χ1v) is 4.60. The molecular weight excluding hydrogens is 150 g/mol. The molecule has 0 spiro atoms. The molecule has 0 amide bonds. The highest BCUT2D eigenvalue weighted by atomic mass is 16.1. The minimum Gasteiger partial charge on any atom is -0.307 e. The molecule has 0 radical (unpaired) electrons. The Morgan fingerprint density at radius 3 is 2.83 bits per heavy atom. The quantitative estimate of drug-likeness (QED) is 0.645. The van der Waals surface area contributed by atoms with Crippen LogP contribution in [0.25, 0.3) is 0 Å². The van der Waals surface area contributed by atoms with E-state index < -0.39 is 0 Å². The Morgan fingerprint density at radius 1 is 1.58 bits per heavy atom. The molecule has 1 rings (SSSR count). The van der Waals surface area contributed by atoms with E-state index >= 15 is 0 Å². The monoisotopic (exact) mass is 167 g/mol. The second-order valence-electron chi connectivity index (χ2n) is 3.57. The van der Waals surface area contributed by atoms with Crippen LogP contribution in [0.2, 0.25) is 0 Å². The zero-order valence-electron chi connectivity index (χ0n) is 7.73. The lowest BCUT2D eigenvalue weighted by atomic mass is 10.0. The molecular formula is C10H17NO. The first kappa shape index (κ1) is 9.46. The normalized spacial score (nSPS) is 22.6. The van der Waals surface area contributed by atoms with Crippen molar-refractivity contribution in [3.8, 4) is 0 Å². The molecule has 2 nitrogen and oxygen atoms in total. The fraction of sp³-hybridized carbons (Fsp3) is 0.700. The number of carbonyl (C=O) groups excluding carboxylic acids is 1. The fourth-order valence-electron chi connectivity index (χ4n) is 1.47. The topological polar surface area (TPSA) is 29.1 Å². The van der Waals surface area contributed by atoms with Crippen molar-refractivity contribution < 1.29 is 4.79 Å². The van der Waals surface area contributed by atoms with Crippen LogP contribution in [-0.2, 0) is 4.79 Å². The van der Waals surface area contributed by atoms with Crippen molar-refractivity contribution in [1.29, 1.82) is 0 Å². The first-order chi connectivity index (χ1) is 5.70. The number of ketones is 1. The summed E-state index contributed by atoms with van der Waals surface area (Å²) in [5, 5.41) is 3.20. The van der Waals surface area contributed by atoms with Gasteiger partial charge in [-0.1, -0.05) is 5.57 Å². The van der Waals surface area contributed by atoms with Crippen LogP contribution in [0.5, 0.6) is 0 Å².